The average Bonchev–Trinajstić information content (AvgIpc) is 3.33. The number of benzene rings is 1. The van der Waals surface area contributed by atoms with E-state index in [1.807, 2.05) is 31.2 Å². The van der Waals surface area contributed by atoms with Crippen LogP contribution in [-0.2, 0) is 21.1 Å². The van der Waals surface area contributed by atoms with Gasteiger partial charge < -0.3 is 14.1 Å². The molecule has 164 valence electrons. The van der Waals surface area contributed by atoms with Crippen molar-refractivity contribution in [1.29, 1.82) is 0 Å². The molecule has 1 aromatic carbocycles. The zero-order chi connectivity index (χ0) is 21.6. The van der Waals surface area contributed by atoms with Gasteiger partial charge in [0.1, 0.15) is 5.75 Å². The molecule has 1 fully saturated rings. The van der Waals surface area contributed by atoms with E-state index < -0.39 is 9.84 Å². The maximum atomic E-state index is 12.8. The predicted molar refractivity (Wildman–Crippen MR) is 115 cm³/mol. The van der Waals surface area contributed by atoms with E-state index in [-0.39, 0.29) is 29.2 Å². The number of carbonyl (C=O) groups excluding carboxylic acids is 1. The van der Waals surface area contributed by atoms with Crippen LogP contribution in [0.2, 0.25) is 0 Å². The van der Waals surface area contributed by atoms with E-state index in [0.29, 0.717) is 30.5 Å². The first-order chi connectivity index (χ1) is 14.4. The topological polar surface area (TPSA) is 103 Å². The third-order valence-electron chi connectivity index (χ3n) is 5.00. The average molecular weight is 454 g/mol. The molecule has 2 aromatic rings. The second kappa shape index (κ2) is 10.3. The largest absolute Gasteiger partial charge is 0.497 e. The molecule has 1 amide bonds. The van der Waals surface area contributed by atoms with Crippen molar-refractivity contribution in [2.24, 2.45) is 0 Å². The number of thioether (sulfide) groups is 1. The molecule has 1 unspecified atom stereocenters. The number of hydrogen-bond donors (Lipinski definition) is 0. The van der Waals surface area contributed by atoms with Crippen molar-refractivity contribution in [3.05, 3.63) is 35.7 Å². The minimum Gasteiger partial charge on any atom is -0.497 e. The predicted octanol–water partition coefficient (Wildman–Crippen LogP) is 2.58. The highest BCUT2D eigenvalue weighted by molar-refractivity contribution is 7.99. The molecule has 3 rings (SSSR count). The Morgan fingerprint density at radius 2 is 2.07 bits per heavy atom. The Kier molecular flexibility index (Phi) is 7.76. The lowest BCUT2D eigenvalue weighted by Gasteiger charge is -2.28. The van der Waals surface area contributed by atoms with Crippen LogP contribution >= 0.6 is 11.8 Å². The third-order valence-corrected chi connectivity index (χ3v) is 7.56. The van der Waals surface area contributed by atoms with Crippen LogP contribution in [0.4, 0.5) is 0 Å². The van der Waals surface area contributed by atoms with Gasteiger partial charge in [-0.05, 0) is 30.5 Å². The Labute approximate surface area is 181 Å². The van der Waals surface area contributed by atoms with Gasteiger partial charge in [0.25, 0.3) is 5.22 Å². The van der Waals surface area contributed by atoms with Gasteiger partial charge in [0.05, 0.1) is 30.8 Å². The first-order valence-corrected chi connectivity index (χ1v) is 12.8. The molecule has 0 N–H and O–H groups in total. The summed E-state index contributed by atoms with van der Waals surface area (Å²) in [6, 6.07) is 7.37. The molecule has 1 aromatic heterocycles. The first-order valence-electron chi connectivity index (χ1n) is 9.98. The maximum absolute atomic E-state index is 12.8. The number of sulfone groups is 1. The third kappa shape index (κ3) is 6.21. The van der Waals surface area contributed by atoms with E-state index in [1.165, 1.54) is 11.8 Å². The summed E-state index contributed by atoms with van der Waals surface area (Å²) in [5, 5.41) is 8.40. The smallest absolute Gasteiger partial charge is 0.277 e. The van der Waals surface area contributed by atoms with Gasteiger partial charge in [-0.15, -0.1) is 10.2 Å². The van der Waals surface area contributed by atoms with Crippen LogP contribution < -0.4 is 4.74 Å². The highest BCUT2D eigenvalue weighted by Crippen LogP contribution is 2.23. The molecule has 30 heavy (non-hydrogen) atoms. The Morgan fingerprint density at radius 1 is 1.30 bits per heavy atom. The van der Waals surface area contributed by atoms with Crippen LogP contribution in [0.3, 0.4) is 0 Å². The number of ether oxygens (including phenoxy) is 1. The lowest BCUT2D eigenvalue weighted by Crippen LogP contribution is -2.42. The fraction of sp³-hybridized carbons (Fsp3) is 0.550. The van der Waals surface area contributed by atoms with E-state index in [4.69, 9.17) is 9.15 Å². The van der Waals surface area contributed by atoms with Gasteiger partial charge in [-0.25, -0.2) is 8.42 Å². The molecule has 0 radical (unpaired) electrons. The van der Waals surface area contributed by atoms with E-state index in [9.17, 15) is 13.2 Å². The Bertz CT molecular complexity index is 944. The summed E-state index contributed by atoms with van der Waals surface area (Å²) < 4.78 is 34.5. The lowest BCUT2D eigenvalue weighted by atomic mass is 10.1. The van der Waals surface area contributed by atoms with Gasteiger partial charge in [0.2, 0.25) is 11.8 Å². The van der Waals surface area contributed by atoms with Crippen LogP contribution in [0.5, 0.6) is 5.75 Å². The zero-order valence-corrected chi connectivity index (χ0v) is 18.9. The van der Waals surface area contributed by atoms with Gasteiger partial charge >= 0.3 is 0 Å². The number of methoxy groups -OCH3 is 1. The van der Waals surface area contributed by atoms with Crippen molar-refractivity contribution in [3.8, 4) is 5.75 Å². The summed E-state index contributed by atoms with van der Waals surface area (Å²) in [5.41, 5.74) is 1.01. The van der Waals surface area contributed by atoms with Crippen molar-refractivity contribution < 1.29 is 22.4 Å². The zero-order valence-electron chi connectivity index (χ0n) is 17.2. The van der Waals surface area contributed by atoms with Gasteiger partial charge in [-0.3, -0.25) is 4.79 Å². The number of nitrogens with zero attached hydrogens (tertiary/aromatic N) is 3. The minimum atomic E-state index is -3.05. The number of rotatable bonds is 10. The van der Waals surface area contributed by atoms with Crippen molar-refractivity contribution in [2.45, 2.75) is 43.9 Å². The van der Waals surface area contributed by atoms with E-state index in [0.717, 1.165) is 24.2 Å². The van der Waals surface area contributed by atoms with Crippen LogP contribution in [0.15, 0.2) is 33.9 Å². The number of hydrogen-bond acceptors (Lipinski definition) is 8. The van der Waals surface area contributed by atoms with Crippen molar-refractivity contribution in [1.82, 2.24) is 15.1 Å². The maximum Gasteiger partial charge on any atom is 0.277 e. The Morgan fingerprint density at radius 3 is 2.70 bits per heavy atom. The van der Waals surface area contributed by atoms with Crippen LogP contribution in [0.1, 0.15) is 37.6 Å². The Balaban J connectivity index is 1.56. The van der Waals surface area contributed by atoms with Gasteiger partial charge in [0, 0.05) is 12.6 Å². The Hall–Kier alpha value is -2.07. The molecule has 8 nitrogen and oxygen atoms in total. The molecule has 0 spiro atoms. The molecule has 1 aliphatic rings. The summed E-state index contributed by atoms with van der Waals surface area (Å²) in [4.78, 5) is 14.5. The minimum absolute atomic E-state index is 0.0552. The van der Waals surface area contributed by atoms with Gasteiger partial charge in [0.15, 0.2) is 9.84 Å². The summed E-state index contributed by atoms with van der Waals surface area (Å²) in [6.45, 7) is 2.62. The second-order valence-corrected chi connectivity index (χ2v) is 10.4. The van der Waals surface area contributed by atoms with Gasteiger partial charge in [-0.1, -0.05) is 37.2 Å². The molecule has 0 bridgehead atoms. The van der Waals surface area contributed by atoms with E-state index in [1.54, 1.807) is 12.0 Å². The van der Waals surface area contributed by atoms with Crippen LogP contribution in [-0.4, -0.2) is 66.4 Å². The highest BCUT2D eigenvalue weighted by atomic mass is 32.2. The van der Waals surface area contributed by atoms with Crippen molar-refractivity contribution in [2.75, 3.05) is 30.9 Å². The summed E-state index contributed by atoms with van der Waals surface area (Å²) in [7, 11) is -1.43. The first kappa shape index (κ1) is 22.6. The van der Waals surface area contributed by atoms with Crippen LogP contribution in [0, 0.1) is 0 Å². The molecule has 0 aliphatic carbocycles. The molecule has 1 atom stereocenters. The molecule has 1 saturated heterocycles. The fourth-order valence-electron chi connectivity index (χ4n) is 3.35. The number of unbranched alkanes of at least 4 members (excludes halogenated alkanes) is 1. The molecule has 10 heteroatoms. The normalized spacial score (nSPS) is 17.7. The number of amides is 1. The van der Waals surface area contributed by atoms with Crippen LogP contribution in [0.25, 0.3) is 0 Å². The molecular weight excluding hydrogens is 426 g/mol. The number of carbonyl (C=O) groups is 1. The fourth-order valence-corrected chi connectivity index (χ4v) is 5.75. The number of aromatic nitrogens is 2. The van der Waals surface area contributed by atoms with E-state index >= 15 is 0 Å². The van der Waals surface area contributed by atoms with Crippen molar-refractivity contribution in [3.63, 3.8) is 0 Å². The standard InChI is InChI=1S/C20H27N3O5S2/c1-3-4-10-23(16-9-11-30(25,26)14-16)19(24)13-29-20-22-21-18(28-20)12-15-5-7-17(27-2)8-6-15/h5-8,16H,3-4,9-14H2,1-2H3. The summed E-state index contributed by atoms with van der Waals surface area (Å²) in [5.74, 6) is 1.51. The molecular formula is C20H27N3O5S2. The molecule has 0 saturated carbocycles. The monoisotopic (exact) mass is 453 g/mol. The molecule has 2 heterocycles. The highest BCUT2D eigenvalue weighted by Gasteiger charge is 2.34. The van der Waals surface area contributed by atoms with E-state index in [2.05, 4.69) is 10.2 Å². The summed E-state index contributed by atoms with van der Waals surface area (Å²) >= 11 is 1.19. The quantitative estimate of drug-likeness (QED) is 0.506. The van der Waals surface area contributed by atoms with Crippen molar-refractivity contribution >= 4 is 27.5 Å². The summed E-state index contributed by atoms with van der Waals surface area (Å²) in [6.07, 6.45) is 2.79. The van der Waals surface area contributed by atoms with Gasteiger partial charge in [-0.2, -0.15) is 0 Å². The second-order valence-electron chi connectivity index (χ2n) is 7.27. The lowest BCUT2D eigenvalue weighted by molar-refractivity contribution is -0.130. The molecule has 1 aliphatic heterocycles. The SMILES string of the molecule is CCCCN(C(=O)CSc1nnc(Cc2ccc(OC)cc2)o1)C1CCS(=O)(=O)C1.